The molecule has 0 saturated carbocycles. The van der Waals surface area contributed by atoms with Crippen LogP contribution in [0.1, 0.15) is 18.1 Å². The van der Waals surface area contributed by atoms with E-state index in [0.717, 1.165) is 32.8 Å². The Balaban J connectivity index is 1.87. The molecule has 1 aromatic carbocycles. The molecule has 1 atom stereocenters. The van der Waals surface area contributed by atoms with Crippen molar-refractivity contribution >= 4 is 5.69 Å². The second-order valence-corrected chi connectivity index (χ2v) is 5.14. The van der Waals surface area contributed by atoms with E-state index < -0.39 is 0 Å². The van der Waals surface area contributed by atoms with E-state index in [9.17, 15) is 0 Å². The van der Waals surface area contributed by atoms with Crippen LogP contribution in [0.15, 0.2) is 18.2 Å². The Morgan fingerprint density at radius 2 is 2.00 bits per heavy atom. The Bertz CT molecular complexity index is 372. The maximum Gasteiger partial charge on any atom is 0.0874 e. The maximum absolute atomic E-state index is 5.79. The maximum atomic E-state index is 5.79. The van der Waals surface area contributed by atoms with Crippen molar-refractivity contribution in [3.05, 3.63) is 29.3 Å². The van der Waals surface area contributed by atoms with Crippen LogP contribution in [0.3, 0.4) is 0 Å². The number of likely N-dealkylation sites (N-methyl/N-ethyl adjacent to an activating group) is 1. The number of hydrogen-bond donors (Lipinski definition) is 1. The number of anilines is 1. The molecular formula is C15H24N2O. The highest BCUT2D eigenvalue weighted by atomic mass is 16.5. The topological polar surface area (TPSA) is 24.5 Å². The van der Waals surface area contributed by atoms with Gasteiger partial charge in [-0.2, -0.15) is 0 Å². The predicted octanol–water partition coefficient (Wildman–Crippen LogP) is 2.44. The highest BCUT2D eigenvalue weighted by Crippen LogP contribution is 2.14. The average Bonchev–Trinajstić information content (AvgIpc) is 2.35. The minimum absolute atomic E-state index is 0.305. The molecule has 1 fully saturated rings. The molecule has 1 N–H and O–H groups in total. The molecule has 1 heterocycles. The Labute approximate surface area is 110 Å². The molecule has 1 aliphatic heterocycles. The van der Waals surface area contributed by atoms with Crippen molar-refractivity contribution in [2.24, 2.45) is 0 Å². The summed E-state index contributed by atoms with van der Waals surface area (Å²) in [7, 11) is 0. The molecule has 18 heavy (non-hydrogen) atoms. The van der Waals surface area contributed by atoms with Crippen LogP contribution in [-0.4, -0.2) is 43.8 Å². The first-order chi connectivity index (χ1) is 8.67. The summed E-state index contributed by atoms with van der Waals surface area (Å²) >= 11 is 0. The van der Waals surface area contributed by atoms with Gasteiger partial charge in [0.25, 0.3) is 0 Å². The van der Waals surface area contributed by atoms with Gasteiger partial charge >= 0.3 is 0 Å². The number of rotatable bonds is 4. The highest BCUT2D eigenvalue weighted by molar-refractivity contribution is 5.48. The van der Waals surface area contributed by atoms with Crippen molar-refractivity contribution in [3.8, 4) is 0 Å². The normalized spacial score (nSPS) is 20.9. The van der Waals surface area contributed by atoms with E-state index >= 15 is 0 Å². The zero-order chi connectivity index (χ0) is 13.0. The van der Waals surface area contributed by atoms with Crippen molar-refractivity contribution in [3.63, 3.8) is 0 Å². The summed E-state index contributed by atoms with van der Waals surface area (Å²) in [5.41, 5.74) is 3.80. The highest BCUT2D eigenvalue weighted by Gasteiger charge is 2.18. The quantitative estimate of drug-likeness (QED) is 0.885. The van der Waals surface area contributed by atoms with Crippen LogP contribution < -0.4 is 5.32 Å². The third-order valence-electron chi connectivity index (χ3n) is 3.43. The number of benzene rings is 1. The van der Waals surface area contributed by atoms with Gasteiger partial charge in [-0.15, -0.1) is 0 Å². The lowest BCUT2D eigenvalue weighted by Gasteiger charge is -2.32. The third-order valence-corrected chi connectivity index (χ3v) is 3.43. The van der Waals surface area contributed by atoms with Gasteiger partial charge in [-0.1, -0.05) is 13.0 Å². The summed E-state index contributed by atoms with van der Waals surface area (Å²) in [5, 5.41) is 3.49. The molecule has 1 aromatic rings. The fourth-order valence-corrected chi connectivity index (χ4v) is 2.50. The Morgan fingerprint density at radius 1 is 1.28 bits per heavy atom. The lowest BCUT2D eigenvalue weighted by molar-refractivity contribution is -0.0191. The summed E-state index contributed by atoms with van der Waals surface area (Å²) in [4.78, 5) is 2.44. The van der Waals surface area contributed by atoms with Crippen LogP contribution in [0.5, 0.6) is 0 Å². The molecule has 2 rings (SSSR count). The largest absolute Gasteiger partial charge is 0.382 e. The summed E-state index contributed by atoms with van der Waals surface area (Å²) in [6, 6.07) is 6.57. The minimum Gasteiger partial charge on any atom is -0.382 e. The first-order valence-corrected chi connectivity index (χ1v) is 6.83. The molecular weight excluding hydrogens is 224 g/mol. The first-order valence-electron chi connectivity index (χ1n) is 6.83. The monoisotopic (exact) mass is 248 g/mol. The van der Waals surface area contributed by atoms with Crippen molar-refractivity contribution < 1.29 is 4.74 Å². The Kier molecular flexibility index (Phi) is 4.61. The molecule has 0 bridgehead atoms. The lowest BCUT2D eigenvalue weighted by atomic mass is 10.1. The SMILES string of the molecule is CCN1CCOC(CNc2cc(C)cc(C)c2)C1. The van der Waals surface area contributed by atoms with E-state index in [1.54, 1.807) is 0 Å². The van der Waals surface area contributed by atoms with Gasteiger partial charge in [0.05, 0.1) is 12.7 Å². The van der Waals surface area contributed by atoms with Crippen LogP contribution in [0.2, 0.25) is 0 Å². The first kappa shape index (κ1) is 13.4. The number of morpholine rings is 1. The van der Waals surface area contributed by atoms with Crippen LogP contribution in [0, 0.1) is 13.8 Å². The fraction of sp³-hybridized carbons (Fsp3) is 0.600. The van der Waals surface area contributed by atoms with Crippen molar-refractivity contribution in [2.45, 2.75) is 26.9 Å². The molecule has 0 aromatic heterocycles. The summed E-state index contributed by atoms with van der Waals surface area (Å²) in [6.45, 7) is 11.4. The summed E-state index contributed by atoms with van der Waals surface area (Å²) in [6.07, 6.45) is 0.305. The second kappa shape index (κ2) is 6.21. The van der Waals surface area contributed by atoms with Crippen LogP contribution in [0.4, 0.5) is 5.69 Å². The molecule has 0 amide bonds. The van der Waals surface area contributed by atoms with Crippen molar-refractivity contribution in [1.82, 2.24) is 4.90 Å². The van der Waals surface area contributed by atoms with Gasteiger partial charge in [-0.3, -0.25) is 4.90 Å². The minimum atomic E-state index is 0.305. The molecule has 3 heteroatoms. The van der Waals surface area contributed by atoms with Gasteiger partial charge in [0.2, 0.25) is 0 Å². The van der Waals surface area contributed by atoms with Crippen LogP contribution >= 0.6 is 0 Å². The zero-order valence-electron chi connectivity index (χ0n) is 11.7. The van der Waals surface area contributed by atoms with Crippen LogP contribution in [-0.2, 0) is 4.74 Å². The number of hydrogen-bond acceptors (Lipinski definition) is 3. The average molecular weight is 248 g/mol. The van der Waals surface area contributed by atoms with Gasteiger partial charge in [0.15, 0.2) is 0 Å². The fourth-order valence-electron chi connectivity index (χ4n) is 2.50. The van der Waals surface area contributed by atoms with Gasteiger partial charge < -0.3 is 10.1 Å². The smallest absolute Gasteiger partial charge is 0.0874 e. The van der Waals surface area contributed by atoms with Gasteiger partial charge in [0.1, 0.15) is 0 Å². The molecule has 0 spiro atoms. The van der Waals surface area contributed by atoms with Crippen molar-refractivity contribution in [1.29, 1.82) is 0 Å². The number of nitrogens with one attached hydrogen (secondary N) is 1. The molecule has 0 aliphatic carbocycles. The van der Waals surface area contributed by atoms with E-state index in [4.69, 9.17) is 4.74 Å². The second-order valence-electron chi connectivity index (χ2n) is 5.14. The lowest BCUT2D eigenvalue weighted by Crippen LogP contribution is -2.45. The van der Waals surface area contributed by atoms with E-state index in [0.29, 0.717) is 6.10 Å². The zero-order valence-corrected chi connectivity index (χ0v) is 11.7. The molecule has 100 valence electrons. The molecule has 1 saturated heterocycles. The molecule has 0 radical (unpaired) electrons. The molecule has 3 nitrogen and oxygen atoms in total. The summed E-state index contributed by atoms with van der Waals surface area (Å²) in [5.74, 6) is 0. The standard InChI is InChI=1S/C15H24N2O/c1-4-17-5-6-18-15(11-17)10-16-14-8-12(2)7-13(3)9-14/h7-9,15-16H,4-6,10-11H2,1-3H3. The number of nitrogens with zero attached hydrogens (tertiary/aromatic N) is 1. The Morgan fingerprint density at radius 3 is 2.67 bits per heavy atom. The predicted molar refractivity (Wildman–Crippen MR) is 76.3 cm³/mol. The number of ether oxygens (including phenoxy) is 1. The van der Waals surface area contributed by atoms with Gasteiger partial charge in [-0.25, -0.2) is 0 Å². The Hall–Kier alpha value is -1.06. The molecule has 1 unspecified atom stereocenters. The van der Waals surface area contributed by atoms with E-state index in [1.807, 2.05) is 0 Å². The van der Waals surface area contributed by atoms with Crippen LogP contribution in [0.25, 0.3) is 0 Å². The van der Waals surface area contributed by atoms with Gasteiger partial charge in [0, 0.05) is 25.3 Å². The van der Waals surface area contributed by atoms with Gasteiger partial charge in [-0.05, 0) is 43.7 Å². The number of aryl methyl sites for hydroxylation is 2. The van der Waals surface area contributed by atoms with E-state index in [-0.39, 0.29) is 0 Å². The van der Waals surface area contributed by atoms with Crippen molar-refractivity contribution in [2.75, 3.05) is 38.1 Å². The van der Waals surface area contributed by atoms with E-state index in [1.165, 1.54) is 16.8 Å². The van der Waals surface area contributed by atoms with E-state index in [2.05, 4.69) is 49.2 Å². The third kappa shape index (κ3) is 3.72. The summed E-state index contributed by atoms with van der Waals surface area (Å²) < 4.78 is 5.79. The molecule has 1 aliphatic rings.